The molecule has 6 heteroatoms. The van der Waals surface area contributed by atoms with Crippen molar-refractivity contribution in [1.82, 2.24) is 9.88 Å². The summed E-state index contributed by atoms with van der Waals surface area (Å²) in [5.41, 5.74) is 1.18. The molecule has 23 heavy (non-hydrogen) atoms. The average molecular weight is 340 g/mol. The van der Waals surface area contributed by atoms with Crippen LogP contribution in [0.1, 0.15) is 51.1 Å². The zero-order chi connectivity index (χ0) is 17.2. The van der Waals surface area contributed by atoms with Gasteiger partial charge >= 0.3 is 6.03 Å². The minimum absolute atomic E-state index is 0.0140. The standard InChI is InChI=1S/C17H29N3O2S/c1-11-12(2)23-16(20(11)10-14-8-7-9-22-14)19-15(21)18-13(3)17(4,5)6/h13-14H,7-10H2,1-6H3,(H,18,21)/b19-16-/t13-,14?/m1/s1. The molecule has 0 saturated carbocycles. The smallest absolute Gasteiger partial charge is 0.343 e. The Hall–Kier alpha value is -1.14. The summed E-state index contributed by atoms with van der Waals surface area (Å²) in [5, 5.41) is 2.97. The second-order valence-corrected chi connectivity index (χ2v) is 8.60. The van der Waals surface area contributed by atoms with Crippen LogP contribution in [0.25, 0.3) is 0 Å². The van der Waals surface area contributed by atoms with Crippen molar-refractivity contribution in [1.29, 1.82) is 0 Å². The lowest BCUT2D eigenvalue weighted by atomic mass is 9.88. The van der Waals surface area contributed by atoms with Crippen LogP contribution in [0.15, 0.2) is 4.99 Å². The summed E-state index contributed by atoms with van der Waals surface area (Å²) in [4.78, 5) is 18.5. The van der Waals surface area contributed by atoms with E-state index < -0.39 is 0 Å². The van der Waals surface area contributed by atoms with Crippen LogP contribution in [-0.2, 0) is 11.3 Å². The van der Waals surface area contributed by atoms with Crippen molar-refractivity contribution in [2.75, 3.05) is 6.61 Å². The van der Waals surface area contributed by atoms with Gasteiger partial charge in [0, 0.05) is 23.2 Å². The maximum atomic E-state index is 12.3. The van der Waals surface area contributed by atoms with Gasteiger partial charge in [0.25, 0.3) is 0 Å². The third kappa shape index (κ3) is 4.67. The van der Waals surface area contributed by atoms with Gasteiger partial charge in [0.15, 0.2) is 4.80 Å². The lowest BCUT2D eigenvalue weighted by molar-refractivity contribution is 0.0958. The molecule has 1 fully saturated rings. The molecule has 1 N–H and O–H groups in total. The molecule has 2 atom stereocenters. The number of ether oxygens (including phenoxy) is 1. The van der Waals surface area contributed by atoms with Crippen LogP contribution in [0.3, 0.4) is 0 Å². The highest BCUT2D eigenvalue weighted by atomic mass is 32.1. The zero-order valence-corrected chi connectivity index (χ0v) is 15.9. The van der Waals surface area contributed by atoms with Gasteiger partial charge in [0.05, 0.1) is 12.6 Å². The minimum Gasteiger partial charge on any atom is -0.376 e. The van der Waals surface area contributed by atoms with E-state index in [1.165, 1.54) is 10.6 Å². The molecule has 1 aromatic rings. The predicted octanol–water partition coefficient (Wildman–Crippen LogP) is 3.39. The molecule has 1 saturated heterocycles. The van der Waals surface area contributed by atoms with E-state index in [1.807, 2.05) is 6.92 Å². The zero-order valence-electron chi connectivity index (χ0n) is 15.1. The Kier molecular flexibility index (Phi) is 5.68. The first-order valence-electron chi connectivity index (χ1n) is 8.32. The Morgan fingerprint density at radius 1 is 1.48 bits per heavy atom. The largest absolute Gasteiger partial charge is 0.376 e. The number of carbonyl (C=O) groups excluding carboxylic acids is 1. The summed E-state index contributed by atoms with van der Waals surface area (Å²) in [5.74, 6) is 0. The van der Waals surface area contributed by atoms with E-state index >= 15 is 0 Å². The lowest BCUT2D eigenvalue weighted by Gasteiger charge is -2.27. The molecule has 0 radical (unpaired) electrons. The van der Waals surface area contributed by atoms with Gasteiger partial charge < -0.3 is 14.6 Å². The lowest BCUT2D eigenvalue weighted by Crippen LogP contribution is -2.41. The Bertz CT molecular complexity index is 619. The van der Waals surface area contributed by atoms with Crippen LogP contribution >= 0.6 is 11.3 Å². The number of aromatic nitrogens is 1. The van der Waals surface area contributed by atoms with Gasteiger partial charge in [-0.05, 0) is 39.0 Å². The number of nitrogens with one attached hydrogen (secondary N) is 1. The summed E-state index contributed by atoms with van der Waals surface area (Å²) in [6, 6.07) is -0.206. The fourth-order valence-electron chi connectivity index (χ4n) is 2.41. The Morgan fingerprint density at radius 2 is 2.17 bits per heavy atom. The monoisotopic (exact) mass is 339 g/mol. The van der Waals surface area contributed by atoms with Crippen molar-refractivity contribution in [3.8, 4) is 0 Å². The molecule has 5 nitrogen and oxygen atoms in total. The number of hydrogen-bond acceptors (Lipinski definition) is 3. The van der Waals surface area contributed by atoms with E-state index in [4.69, 9.17) is 4.74 Å². The van der Waals surface area contributed by atoms with Crippen LogP contribution in [0.4, 0.5) is 4.79 Å². The van der Waals surface area contributed by atoms with Crippen molar-refractivity contribution in [3.63, 3.8) is 0 Å². The molecular weight excluding hydrogens is 310 g/mol. The third-order valence-electron chi connectivity index (χ3n) is 4.64. The van der Waals surface area contributed by atoms with Crippen LogP contribution in [0, 0.1) is 19.3 Å². The molecule has 130 valence electrons. The highest BCUT2D eigenvalue weighted by Crippen LogP contribution is 2.19. The van der Waals surface area contributed by atoms with Crippen LogP contribution < -0.4 is 10.1 Å². The van der Waals surface area contributed by atoms with E-state index in [9.17, 15) is 4.79 Å². The molecule has 0 aromatic carbocycles. The van der Waals surface area contributed by atoms with Gasteiger partial charge in [-0.15, -0.1) is 11.3 Å². The minimum atomic E-state index is -0.269. The fraction of sp³-hybridized carbons (Fsp3) is 0.765. The molecule has 2 amide bonds. The van der Waals surface area contributed by atoms with Gasteiger partial charge in [-0.2, -0.15) is 4.99 Å². The van der Waals surface area contributed by atoms with Crippen molar-refractivity contribution < 1.29 is 9.53 Å². The van der Waals surface area contributed by atoms with Crippen molar-refractivity contribution >= 4 is 17.4 Å². The number of thiazole rings is 1. The van der Waals surface area contributed by atoms with Gasteiger partial charge in [-0.1, -0.05) is 20.8 Å². The quantitative estimate of drug-likeness (QED) is 0.918. The first-order valence-corrected chi connectivity index (χ1v) is 9.14. The maximum absolute atomic E-state index is 12.3. The molecule has 0 spiro atoms. The SMILES string of the molecule is Cc1s/c(=N\C(=O)N[C@H](C)C(C)(C)C)n(CC2CCCO2)c1C. The van der Waals surface area contributed by atoms with E-state index in [-0.39, 0.29) is 23.6 Å². The second-order valence-electron chi connectivity index (χ2n) is 7.42. The molecule has 2 heterocycles. The first-order chi connectivity index (χ1) is 10.7. The van der Waals surface area contributed by atoms with Gasteiger partial charge in [0.2, 0.25) is 0 Å². The summed E-state index contributed by atoms with van der Waals surface area (Å²) in [7, 11) is 0. The topological polar surface area (TPSA) is 55.6 Å². The van der Waals surface area contributed by atoms with E-state index in [0.29, 0.717) is 0 Å². The summed E-state index contributed by atoms with van der Waals surface area (Å²) in [6.45, 7) is 14.1. The molecular formula is C17H29N3O2S. The number of nitrogens with zero attached hydrogens (tertiary/aromatic N) is 2. The summed E-state index contributed by atoms with van der Waals surface area (Å²) in [6.07, 6.45) is 2.43. The number of hydrogen-bond donors (Lipinski definition) is 1. The molecule has 0 bridgehead atoms. The van der Waals surface area contributed by atoms with Crippen LogP contribution in [0.5, 0.6) is 0 Å². The normalized spacial score (nSPS) is 20.8. The van der Waals surface area contributed by atoms with Crippen LogP contribution in [-0.4, -0.2) is 29.4 Å². The van der Waals surface area contributed by atoms with Gasteiger partial charge in [-0.3, -0.25) is 0 Å². The molecule has 1 aliphatic heterocycles. The first kappa shape index (κ1) is 18.2. The van der Waals surface area contributed by atoms with Crippen LogP contribution in [0.2, 0.25) is 0 Å². The second kappa shape index (κ2) is 7.18. The number of carbonyl (C=O) groups is 1. The van der Waals surface area contributed by atoms with E-state index in [0.717, 1.165) is 30.8 Å². The fourth-order valence-corrected chi connectivity index (χ4v) is 3.39. The van der Waals surface area contributed by atoms with E-state index in [1.54, 1.807) is 11.3 Å². The molecule has 1 unspecified atom stereocenters. The van der Waals surface area contributed by atoms with Gasteiger partial charge in [-0.25, -0.2) is 4.79 Å². The molecule has 2 rings (SSSR count). The predicted molar refractivity (Wildman–Crippen MR) is 93.8 cm³/mol. The number of aryl methyl sites for hydroxylation is 1. The van der Waals surface area contributed by atoms with Crippen molar-refractivity contribution in [2.24, 2.45) is 10.4 Å². The van der Waals surface area contributed by atoms with Gasteiger partial charge in [0.1, 0.15) is 0 Å². The Labute approximate surface area is 142 Å². The van der Waals surface area contributed by atoms with Crippen molar-refractivity contribution in [3.05, 3.63) is 15.4 Å². The Morgan fingerprint density at radius 3 is 2.74 bits per heavy atom. The molecule has 1 aliphatic rings. The number of urea groups is 1. The summed E-state index contributed by atoms with van der Waals surface area (Å²) >= 11 is 1.57. The average Bonchev–Trinajstić information content (AvgIpc) is 3.02. The molecule has 0 aliphatic carbocycles. The van der Waals surface area contributed by atoms with E-state index in [2.05, 4.69) is 49.5 Å². The highest BCUT2D eigenvalue weighted by molar-refractivity contribution is 7.09. The maximum Gasteiger partial charge on any atom is 0.343 e. The molecule has 1 aromatic heterocycles. The summed E-state index contributed by atoms with van der Waals surface area (Å²) < 4.78 is 7.85. The highest BCUT2D eigenvalue weighted by Gasteiger charge is 2.22. The number of rotatable bonds is 3. The Balaban J connectivity index is 2.20. The number of amides is 2. The third-order valence-corrected chi connectivity index (χ3v) is 5.73. The van der Waals surface area contributed by atoms with Crippen molar-refractivity contribution in [2.45, 2.75) is 73.1 Å².